The van der Waals surface area contributed by atoms with Crippen molar-refractivity contribution in [1.29, 1.82) is 0 Å². The van der Waals surface area contributed by atoms with E-state index in [1.165, 1.54) is 19.3 Å². The van der Waals surface area contributed by atoms with Crippen LogP contribution in [0.3, 0.4) is 0 Å². The van der Waals surface area contributed by atoms with Gasteiger partial charge in [-0.05, 0) is 18.8 Å². The summed E-state index contributed by atoms with van der Waals surface area (Å²) in [5.41, 5.74) is 7.67. The van der Waals surface area contributed by atoms with Gasteiger partial charge < -0.3 is 5.73 Å². The quantitative estimate of drug-likeness (QED) is 0.799. The van der Waals surface area contributed by atoms with Crippen LogP contribution >= 0.6 is 0 Å². The average Bonchev–Trinajstić information content (AvgIpc) is 2.33. The van der Waals surface area contributed by atoms with Crippen molar-refractivity contribution < 1.29 is 0 Å². The number of hydrogen-bond donors (Lipinski definition) is 1. The van der Waals surface area contributed by atoms with Gasteiger partial charge in [-0.15, -0.1) is 0 Å². The molecule has 0 saturated heterocycles. The summed E-state index contributed by atoms with van der Waals surface area (Å²) in [4.78, 5) is 0. The minimum atomic E-state index is 0.738. The lowest BCUT2D eigenvalue weighted by atomic mass is 9.77. The fraction of sp³-hybridized carbons (Fsp3) is 0.727. The smallest absolute Gasteiger partial charge is 0.0730 e. The lowest BCUT2D eigenvalue weighted by Crippen LogP contribution is -2.24. The van der Waals surface area contributed by atoms with Crippen LogP contribution in [0.1, 0.15) is 31.9 Å². The van der Waals surface area contributed by atoms with Crippen LogP contribution in [0.15, 0.2) is 6.20 Å². The molecule has 0 spiro atoms. The van der Waals surface area contributed by atoms with E-state index in [1.807, 2.05) is 11.6 Å². The number of rotatable bonds is 3. The van der Waals surface area contributed by atoms with Crippen molar-refractivity contribution in [2.75, 3.05) is 5.73 Å². The number of nitrogens with two attached hydrogens (primary N) is 1. The number of nitrogens with zero attached hydrogens (tertiary/aromatic N) is 2. The molecule has 3 nitrogen and oxygen atoms in total. The molecule has 3 heteroatoms. The van der Waals surface area contributed by atoms with Crippen LogP contribution in [0.5, 0.6) is 0 Å². The zero-order valence-electron chi connectivity index (χ0n) is 9.03. The van der Waals surface area contributed by atoms with Crippen LogP contribution in [0, 0.1) is 18.8 Å². The molecule has 2 rings (SSSR count). The molecule has 1 atom stereocenters. The van der Waals surface area contributed by atoms with Gasteiger partial charge in [-0.25, -0.2) is 0 Å². The Morgan fingerprint density at radius 2 is 2.36 bits per heavy atom. The van der Waals surface area contributed by atoms with Crippen LogP contribution < -0.4 is 5.73 Å². The lowest BCUT2D eigenvalue weighted by Gasteiger charge is -2.31. The first kappa shape index (κ1) is 9.56. The standard InChI is InChI=1S/C11H19N3/c1-8(10-4-3-5-10)7-14-9(2)11(12)6-13-14/h6,8,10H,3-5,7,12H2,1-2H3. The zero-order chi connectivity index (χ0) is 10.1. The molecule has 0 amide bonds. The van der Waals surface area contributed by atoms with E-state index in [9.17, 15) is 0 Å². The van der Waals surface area contributed by atoms with Crippen molar-refractivity contribution >= 4 is 5.69 Å². The number of nitrogen functional groups attached to an aromatic ring is 1. The summed E-state index contributed by atoms with van der Waals surface area (Å²) in [6.07, 6.45) is 5.96. The highest BCUT2D eigenvalue weighted by atomic mass is 15.3. The van der Waals surface area contributed by atoms with E-state index in [0.29, 0.717) is 0 Å². The van der Waals surface area contributed by atoms with Crippen molar-refractivity contribution in [3.05, 3.63) is 11.9 Å². The van der Waals surface area contributed by atoms with E-state index in [4.69, 9.17) is 5.73 Å². The van der Waals surface area contributed by atoms with E-state index in [-0.39, 0.29) is 0 Å². The zero-order valence-corrected chi connectivity index (χ0v) is 9.03. The second kappa shape index (κ2) is 3.64. The maximum Gasteiger partial charge on any atom is 0.0730 e. The largest absolute Gasteiger partial charge is 0.396 e. The summed E-state index contributed by atoms with van der Waals surface area (Å²) in [5.74, 6) is 1.65. The molecule has 78 valence electrons. The minimum absolute atomic E-state index is 0.738. The van der Waals surface area contributed by atoms with Crippen LogP contribution in [-0.2, 0) is 6.54 Å². The fourth-order valence-corrected chi connectivity index (χ4v) is 2.08. The Morgan fingerprint density at radius 3 is 2.79 bits per heavy atom. The molecule has 0 bridgehead atoms. The molecule has 1 fully saturated rings. The lowest BCUT2D eigenvalue weighted by molar-refractivity contribution is 0.195. The van der Waals surface area contributed by atoms with Crippen molar-refractivity contribution in [2.45, 2.75) is 39.7 Å². The summed E-state index contributed by atoms with van der Waals surface area (Å²) in [7, 11) is 0. The van der Waals surface area contributed by atoms with Gasteiger partial charge in [-0.2, -0.15) is 5.10 Å². The highest BCUT2D eigenvalue weighted by Gasteiger charge is 2.24. The third kappa shape index (κ3) is 1.63. The van der Waals surface area contributed by atoms with E-state index < -0.39 is 0 Å². The Kier molecular flexibility index (Phi) is 2.48. The molecule has 1 aromatic rings. The fourth-order valence-electron chi connectivity index (χ4n) is 2.08. The van der Waals surface area contributed by atoms with Crippen molar-refractivity contribution in [3.8, 4) is 0 Å². The highest BCUT2D eigenvalue weighted by molar-refractivity contribution is 5.39. The van der Waals surface area contributed by atoms with Gasteiger partial charge in [0.1, 0.15) is 0 Å². The number of anilines is 1. The Bertz CT molecular complexity index is 312. The number of hydrogen-bond acceptors (Lipinski definition) is 2. The molecule has 1 saturated carbocycles. The van der Waals surface area contributed by atoms with E-state index >= 15 is 0 Å². The Hall–Kier alpha value is -0.990. The summed E-state index contributed by atoms with van der Waals surface area (Å²) < 4.78 is 2.04. The van der Waals surface area contributed by atoms with Gasteiger partial charge in [-0.3, -0.25) is 4.68 Å². The van der Waals surface area contributed by atoms with E-state index in [1.54, 1.807) is 6.20 Å². The molecule has 1 aliphatic carbocycles. The SMILES string of the molecule is Cc1c(N)cnn1CC(C)C1CCC1. The summed E-state index contributed by atoms with van der Waals surface area (Å²) in [5, 5.41) is 4.29. The first-order valence-corrected chi connectivity index (χ1v) is 5.46. The van der Waals surface area contributed by atoms with Crippen molar-refractivity contribution in [1.82, 2.24) is 9.78 Å². The maximum absolute atomic E-state index is 5.76. The Balaban J connectivity index is 1.99. The molecule has 2 N–H and O–H groups in total. The average molecular weight is 193 g/mol. The molecular formula is C11H19N3. The van der Waals surface area contributed by atoms with Gasteiger partial charge in [0.05, 0.1) is 17.6 Å². The predicted octanol–water partition coefficient (Wildman–Crippen LogP) is 2.21. The normalized spacial score (nSPS) is 19.3. The van der Waals surface area contributed by atoms with Gasteiger partial charge in [-0.1, -0.05) is 26.2 Å². The molecule has 1 heterocycles. The molecule has 0 aromatic carbocycles. The Labute approximate surface area is 85.3 Å². The molecule has 0 radical (unpaired) electrons. The Morgan fingerprint density at radius 1 is 1.64 bits per heavy atom. The maximum atomic E-state index is 5.76. The highest BCUT2D eigenvalue weighted by Crippen LogP contribution is 2.34. The van der Waals surface area contributed by atoms with Gasteiger partial charge in [0.25, 0.3) is 0 Å². The molecule has 1 unspecified atom stereocenters. The van der Waals surface area contributed by atoms with Crippen LogP contribution in [0.25, 0.3) is 0 Å². The summed E-state index contributed by atoms with van der Waals surface area (Å²) in [6.45, 7) is 5.38. The van der Waals surface area contributed by atoms with E-state index in [2.05, 4.69) is 12.0 Å². The molecule has 1 aromatic heterocycles. The molecule has 0 aliphatic heterocycles. The van der Waals surface area contributed by atoms with Gasteiger partial charge in [0.2, 0.25) is 0 Å². The van der Waals surface area contributed by atoms with Gasteiger partial charge >= 0.3 is 0 Å². The first-order valence-electron chi connectivity index (χ1n) is 5.46. The monoisotopic (exact) mass is 193 g/mol. The second-order valence-electron chi connectivity index (χ2n) is 4.54. The molecule has 1 aliphatic rings. The number of aromatic nitrogens is 2. The molecule has 14 heavy (non-hydrogen) atoms. The third-order valence-electron chi connectivity index (χ3n) is 3.56. The van der Waals surface area contributed by atoms with Crippen LogP contribution in [0.4, 0.5) is 5.69 Å². The van der Waals surface area contributed by atoms with E-state index in [0.717, 1.165) is 29.8 Å². The van der Waals surface area contributed by atoms with Gasteiger partial charge in [0, 0.05) is 6.54 Å². The van der Waals surface area contributed by atoms with Crippen molar-refractivity contribution in [3.63, 3.8) is 0 Å². The van der Waals surface area contributed by atoms with Gasteiger partial charge in [0.15, 0.2) is 0 Å². The minimum Gasteiger partial charge on any atom is -0.396 e. The first-order chi connectivity index (χ1) is 6.68. The third-order valence-corrected chi connectivity index (χ3v) is 3.56. The van der Waals surface area contributed by atoms with Crippen molar-refractivity contribution in [2.24, 2.45) is 11.8 Å². The predicted molar refractivity (Wildman–Crippen MR) is 57.9 cm³/mol. The topological polar surface area (TPSA) is 43.8 Å². The second-order valence-corrected chi connectivity index (χ2v) is 4.54. The summed E-state index contributed by atoms with van der Waals surface area (Å²) >= 11 is 0. The molecular weight excluding hydrogens is 174 g/mol. The summed E-state index contributed by atoms with van der Waals surface area (Å²) in [6, 6.07) is 0. The van der Waals surface area contributed by atoms with Crippen LogP contribution in [-0.4, -0.2) is 9.78 Å². The van der Waals surface area contributed by atoms with Crippen LogP contribution in [0.2, 0.25) is 0 Å².